The first kappa shape index (κ1) is 20.4. The zero-order valence-corrected chi connectivity index (χ0v) is 18.4. The second-order valence-electron chi connectivity index (χ2n) is 11.1. The fourth-order valence-electron chi connectivity index (χ4n) is 8.23. The quantitative estimate of drug-likeness (QED) is 0.470. The van der Waals surface area contributed by atoms with Crippen LogP contribution in [-0.2, 0) is 4.79 Å². The molecule has 0 aliphatic heterocycles. The van der Waals surface area contributed by atoms with Gasteiger partial charge in [0.05, 0.1) is 6.10 Å². The van der Waals surface area contributed by atoms with Gasteiger partial charge in [-0.15, -0.1) is 0 Å². The van der Waals surface area contributed by atoms with Gasteiger partial charge in [0, 0.05) is 0 Å². The molecule has 1 N–H and O–H groups in total. The van der Waals surface area contributed by atoms with Gasteiger partial charge in [0.1, 0.15) is 0 Å². The molecule has 4 rings (SSSR count). The average molecular weight is 385 g/mol. The normalized spacial score (nSPS) is 46.5. The van der Waals surface area contributed by atoms with Crippen LogP contribution in [-0.4, -0.2) is 17.0 Å². The topological polar surface area (TPSA) is 37.3 Å². The molecule has 8 atom stereocenters. The first-order valence-electron chi connectivity index (χ1n) is 11.8. The summed E-state index contributed by atoms with van der Waals surface area (Å²) in [6.45, 7) is 9.18. The molecule has 0 bridgehead atoms. The van der Waals surface area contributed by atoms with E-state index in [1.807, 2.05) is 0 Å². The highest BCUT2D eigenvalue weighted by Crippen LogP contribution is 2.67. The molecule has 0 aromatic carbocycles. The van der Waals surface area contributed by atoms with Gasteiger partial charge in [-0.2, -0.15) is 0 Å². The lowest BCUT2D eigenvalue weighted by Crippen LogP contribution is -2.50. The Morgan fingerprint density at radius 2 is 2.00 bits per heavy atom. The molecule has 4 aliphatic carbocycles. The van der Waals surface area contributed by atoms with E-state index in [1.165, 1.54) is 38.5 Å². The van der Waals surface area contributed by atoms with Gasteiger partial charge >= 0.3 is 0 Å². The van der Waals surface area contributed by atoms with E-state index < -0.39 is 0 Å². The number of ketones is 1. The van der Waals surface area contributed by atoms with Crippen molar-refractivity contribution in [3.05, 3.63) is 23.8 Å². The van der Waals surface area contributed by atoms with Crippen molar-refractivity contribution in [1.29, 1.82) is 0 Å². The third kappa shape index (κ3) is 3.24. The molecule has 0 saturated heterocycles. The Kier molecular flexibility index (Phi) is 5.40. The van der Waals surface area contributed by atoms with Crippen molar-refractivity contribution in [1.82, 2.24) is 0 Å². The van der Waals surface area contributed by atoms with Crippen LogP contribution in [0.2, 0.25) is 0 Å². The molecule has 4 aliphatic rings. The zero-order chi connectivity index (χ0) is 20.1. The zero-order valence-electron chi connectivity index (χ0n) is 18.4. The van der Waals surface area contributed by atoms with E-state index in [0.29, 0.717) is 16.7 Å². The monoisotopic (exact) mass is 384 g/mol. The standard InChI is InChI=1S/C26H40O2/c1-17(6-5-7-18(2)27)22-10-11-23-21-9-8-19-16-20(28)12-14-25(19,3)24(21)13-15-26(22,23)4/h5,7-8,17,20-24,28H,6,9-16H2,1-4H3. The predicted octanol–water partition coefficient (Wildman–Crippen LogP) is 6.10. The lowest BCUT2D eigenvalue weighted by molar-refractivity contribution is -0.112. The van der Waals surface area contributed by atoms with Crippen molar-refractivity contribution in [2.75, 3.05) is 0 Å². The molecular formula is C26H40O2. The highest BCUT2D eigenvalue weighted by molar-refractivity contribution is 5.87. The van der Waals surface area contributed by atoms with Crippen LogP contribution in [0.25, 0.3) is 0 Å². The molecule has 0 amide bonds. The molecule has 2 nitrogen and oxygen atoms in total. The first-order valence-corrected chi connectivity index (χ1v) is 11.8. The molecule has 3 fully saturated rings. The summed E-state index contributed by atoms with van der Waals surface area (Å²) in [4.78, 5) is 11.3. The minimum Gasteiger partial charge on any atom is -0.393 e. The summed E-state index contributed by atoms with van der Waals surface area (Å²) < 4.78 is 0. The summed E-state index contributed by atoms with van der Waals surface area (Å²) >= 11 is 0. The van der Waals surface area contributed by atoms with Crippen molar-refractivity contribution in [2.45, 2.75) is 91.6 Å². The lowest BCUT2D eigenvalue weighted by Gasteiger charge is -2.58. The largest absolute Gasteiger partial charge is 0.393 e. The third-order valence-corrected chi connectivity index (χ3v) is 9.70. The Bertz CT molecular complexity index is 676. The van der Waals surface area contributed by atoms with Gasteiger partial charge in [-0.05, 0) is 111 Å². The number of carbonyl (C=O) groups is 1. The van der Waals surface area contributed by atoms with Crippen LogP contribution in [0.5, 0.6) is 0 Å². The number of fused-ring (bicyclic) bond motifs is 5. The van der Waals surface area contributed by atoms with E-state index >= 15 is 0 Å². The van der Waals surface area contributed by atoms with Crippen molar-refractivity contribution in [3.63, 3.8) is 0 Å². The summed E-state index contributed by atoms with van der Waals surface area (Å²) in [5.74, 6) is 4.15. The number of aliphatic hydroxyl groups is 1. The lowest BCUT2D eigenvalue weighted by atomic mass is 9.47. The molecular weight excluding hydrogens is 344 g/mol. The van der Waals surface area contributed by atoms with E-state index in [1.54, 1.807) is 18.6 Å². The van der Waals surface area contributed by atoms with Crippen LogP contribution in [0.1, 0.15) is 85.5 Å². The van der Waals surface area contributed by atoms with Crippen LogP contribution >= 0.6 is 0 Å². The fourth-order valence-corrected chi connectivity index (χ4v) is 8.23. The fraction of sp³-hybridized carbons (Fsp3) is 0.808. The smallest absolute Gasteiger partial charge is 0.152 e. The van der Waals surface area contributed by atoms with Gasteiger partial charge in [-0.3, -0.25) is 4.79 Å². The van der Waals surface area contributed by atoms with Gasteiger partial charge in [0.25, 0.3) is 0 Å². The van der Waals surface area contributed by atoms with Crippen LogP contribution in [0, 0.1) is 40.4 Å². The van der Waals surface area contributed by atoms with Crippen LogP contribution in [0.15, 0.2) is 23.8 Å². The van der Waals surface area contributed by atoms with E-state index in [4.69, 9.17) is 0 Å². The Morgan fingerprint density at radius 1 is 1.21 bits per heavy atom. The number of allylic oxidation sites excluding steroid dienone is 3. The Morgan fingerprint density at radius 3 is 2.75 bits per heavy atom. The van der Waals surface area contributed by atoms with Crippen molar-refractivity contribution in [2.24, 2.45) is 40.4 Å². The molecule has 3 saturated carbocycles. The van der Waals surface area contributed by atoms with Gasteiger partial charge in [-0.1, -0.05) is 38.5 Å². The first-order chi connectivity index (χ1) is 13.3. The second-order valence-corrected chi connectivity index (χ2v) is 11.1. The predicted molar refractivity (Wildman–Crippen MR) is 115 cm³/mol. The maximum atomic E-state index is 11.3. The Hall–Kier alpha value is -0.890. The molecule has 0 radical (unpaired) electrons. The molecule has 0 heterocycles. The summed E-state index contributed by atoms with van der Waals surface area (Å²) in [7, 11) is 0. The van der Waals surface area contributed by atoms with E-state index in [2.05, 4.69) is 32.9 Å². The molecule has 0 spiro atoms. The summed E-state index contributed by atoms with van der Waals surface area (Å²) in [5, 5.41) is 10.2. The molecule has 8 unspecified atom stereocenters. The summed E-state index contributed by atoms with van der Waals surface area (Å²) in [6.07, 6.45) is 17.2. The molecule has 0 aromatic rings. The summed E-state index contributed by atoms with van der Waals surface area (Å²) in [5.41, 5.74) is 2.39. The van der Waals surface area contributed by atoms with Gasteiger partial charge in [-0.25, -0.2) is 0 Å². The number of hydrogen-bond acceptors (Lipinski definition) is 2. The number of carbonyl (C=O) groups excluding carboxylic acids is 1. The van der Waals surface area contributed by atoms with Gasteiger partial charge in [0.2, 0.25) is 0 Å². The van der Waals surface area contributed by atoms with Gasteiger partial charge < -0.3 is 5.11 Å². The number of aliphatic hydroxyl groups excluding tert-OH is 1. The number of hydrogen-bond donors (Lipinski definition) is 1. The number of rotatable bonds is 4. The molecule has 28 heavy (non-hydrogen) atoms. The van der Waals surface area contributed by atoms with Crippen LogP contribution in [0.4, 0.5) is 0 Å². The highest BCUT2D eigenvalue weighted by Gasteiger charge is 2.58. The minimum absolute atomic E-state index is 0.107. The highest BCUT2D eigenvalue weighted by atomic mass is 16.3. The van der Waals surface area contributed by atoms with Crippen LogP contribution < -0.4 is 0 Å². The maximum absolute atomic E-state index is 11.3. The van der Waals surface area contributed by atoms with E-state index in [0.717, 1.165) is 42.9 Å². The molecule has 0 aromatic heterocycles. The van der Waals surface area contributed by atoms with Crippen molar-refractivity contribution in [3.8, 4) is 0 Å². The van der Waals surface area contributed by atoms with Crippen molar-refractivity contribution >= 4 is 5.78 Å². The Labute approximate surface area is 171 Å². The average Bonchev–Trinajstić information content (AvgIpc) is 2.99. The third-order valence-electron chi connectivity index (χ3n) is 9.70. The minimum atomic E-state index is -0.107. The maximum Gasteiger partial charge on any atom is 0.152 e. The SMILES string of the molecule is CC(=O)C=CCC(C)C1CCC2C3CC=C4CC(O)CCC4(C)C3CCC12C. The molecule has 156 valence electrons. The van der Waals surface area contributed by atoms with E-state index in [9.17, 15) is 9.90 Å². The van der Waals surface area contributed by atoms with Crippen LogP contribution in [0.3, 0.4) is 0 Å². The molecule has 2 heteroatoms. The Balaban J connectivity index is 1.53. The van der Waals surface area contributed by atoms with Gasteiger partial charge in [0.15, 0.2) is 5.78 Å². The summed E-state index contributed by atoms with van der Waals surface area (Å²) in [6, 6.07) is 0. The van der Waals surface area contributed by atoms with Crippen molar-refractivity contribution < 1.29 is 9.90 Å². The second kappa shape index (κ2) is 7.42. The van der Waals surface area contributed by atoms with E-state index in [-0.39, 0.29) is 11.9 Å².